The number of carbonyl (C=O) groups excluding carboxylic acids is 3. The molecule has 0 amide bonds. The first kappa shape index (κ1) is 19.8. The molecule has 0 bridgehead atoms. The molecule has 30 heavy (non-hydrogen) atoms. The smallest absolute Gasteiger partial charge is 0.334 e. The van der Waals surface area contributed by atoms with E-state index in [0.717, 1.165) is 0 Å². The molecule has 0 aliphatic carbocycles. The zero-order valence-electron chi connectivity index (χ0n) is 16.7. The van der Waals surface area contributed by atoms with Gasteiger partial charge in [0.05, 0.1) is 31.9 Å². The first-order chi connectivity index (χ1) is 14.5. The van der Waals surface area contributed by atoms with Gasteiger partial charge in [-0.3, -0.25) is 14.6 Å². The number of ether oxygens (including phenoxy) is 3. The minimum absolute atomic E-state index is 0.0111. The van der Waals surface area contributed by atoms with Crippen LogP contribution >= 0.6 is 0 Å². The lowest BCUT2D eigenvalue weighted by Crippen LogP contribution is -2.54. The topological polar surface area (TPSA) is 91.3 Å². The number of esters is 2. The molecule has 7 heteroatoms. The van der Waals surface area contributed by atoms with E-state index >= 15 is 0 Å². The summed E-state index contributed by atoms with van der Waals surface area (Å²) in [7, 11) is 2.54. The van der Waals surface area contributed by atoms with Crippen molar-refractivity contribution in [1.82, 2.24) is 0 Å². The number of methoxy groups -OCH3 is 2. The number of rotatable bonds is 5. The number of hydrogen-bond donors (Lipinski definition) is 0. The van der Waals surface area contributed by atoms with Crippen molar-refractivity contribution in [1.29, 1.82) is 0 Å². The van der Waals surface area contributed by atoms with Crippen LogP contribution in [0.4, 0.5) is 0 Å². The van der Waals surface area contributed by atoms with E-state index in [1.165, 1.54) is 20.4 Å². The van der Waals surface area contributed by atoms with Gasteiger partial charge in [-0.1, -0.05) is 42.5 Å². The highest BCUT2D eigenvalue weighted by atomic mass is 16.5. The second kappa shape index (κ2) is 7.40. The van der Waals surface area contributed by atoms with Crippen LogP contribution in [0.3, 0.4) is 0 Å². The van der Waals surface area contributed by atoms with Crippen LogP contribution in [-0.2, 0) is 19.1 Å². The van der Waals surface area contributed by atoms with Crippen molar-refractivity contribution < 1.29 is 28.6 Å². The number of benzene rings is 2. The Bertz CT molecular complexity index is 1030. The molecular weight excluding hydrogens is 386 g/mol. The van der Waals surface area contributed by atoms with Crippen LogP contribution in [0.5, 0.6) is 5.75 Å². The van der Waals surface area contributed by atoms with Crippen molar-refractivity contribution in [3.05, 3.63) is 65.7 Å². The van der Waals surface area contributed by atoms with Crippen LogP contribution in [-0.4, -0.2) is 49.3 Å². The quantitative estimate of drug-likeness (QED) is 0.708. The number of nitrogens with zero attached hydrogens (tertiary/aromatic N) is 1. The van der Waals surface area contributed by atoms with Crippen molar-refractivity contribution in [2.45, 2.75) is 29.9 Å². The summed E-state index contributed by atoms with van der Waals surface area (Å²) in [5, 5.41) is 0. The van der Waals surface area contributed by atoms with Gasteiger partial charge in [-0.05, 0) is 24.1 Å². The summed E-state index contributed by atoms with van der Waals surface area (Å²) in [6.45, 7) is 0. The van der Waals surface area contributed by atoms with E-state index < -0.39 is 29.0 Å². The highest BCUT2D eigenvalue weighted by Crippen LogP contribution is 2.53. The van der Waals surface area contributed by atoms with Crippen LogP contribution in [0, 0.1) is 0 Å². The van der Waals surface area contributed by atoms with Crippen LogP contribution in [0.1, 0.15) is 34.7 Å². The van der Waals surface area contributed by atoms with Gasteiger partial charge in [0.25, 0.3) is 0 Å². The Morgan fingerprint density at radius 2 is 1.73 bits per heavy atom. The normalized spacial score (nSPS) is 26.3. The summed E-state index contributed by atoms with van der Waals surface area (Å²) < 4.78 is 16.1. The Hall–Kier alpha value is -3.48. The van der Waals surface area contributed by atoms with Gasteiger partial charge in [0.2, 0.25) is 11.4 Å². The minimum atomic E-state index is -1.51. The molecule has 2 aromatic rings. The molecular formula is C23H21NO6. The van der Waals surface area contributed by atoms with Crippen LogP contribution in [0.15, 0.2) is 59.6 Å². The van der Waals surface area contributed by atoms with E-state index in [4.69, 9.17) is 14.2 Å². The fraction of sp³-hybridized carbons (Fsp3) is 0.304. The molecule has 154 valence electrons. The average molecular weight is 407 g/mol. The fourth-order valence-electron chi connectivity index (χ4n) is 4.39. The first-order valence-corrected chi connectivity index (χ1v) is 9.58. The van der Waals surface area contributed by atoms with E-state index in [-0.39, 0.29) is 18.6 Å². The third kappa shape index (κ3) is 2.81. The predicted octanol–water partition coefficient (Wildman–Crippen LogP) is 2.73. The maximum atomic E-state index is 13.5. The average Bonchev–Trinajstić information content (AvgIpc) is 3.27. The molecule has 0 aromatic heterocycles. The van der Waals surface area contributed by atoms with Crippen LogP contribution in [0.2, 0.25) is 0 Å². The summed E-state index contributed by atoms with van der Waals surface area (Å²) in [4.78, 5) is 43.0. The molecule has 7 nitrogen and oxygen atoms in total. The van der Waals surface area contributed by atoms with E-state index in [9.17, 15) is 14.4 Å². The molecule has 0 saturated heterocycles. The summed E-state index contributed by atoms with van der Waals surface area (Å²) >= 11 is 0. The molecule has 0 radical (unpaired) electrons. The highest BCUT2D eigenvalue weighted by molar-refractivity contribution is 6.19. The lowest BCUT2D eigenvalue weighted by Gasteiger charge is -2.37. The Balaban J connectivity index is 1.88. The minimum Gasteiger partial charge on any atom is -0.472 e. The summed E-state index contributed by atoms with van der Waals surface area (Å²) in [5.74, 6) is -1.78. The molecule has 0 unspecified atom stereocenters. The highest BCUT2D eigenvalue weighted by Gasteiger charge is 2.67. The number of para-hydroxylation sites is 1. The van der Waals surface area contributed by atoms with E-state index in [2.05, 4.69) is 4.99 Å². The van der Waals surface area contributed by atoms with Crippen molar-refractivity contribution in [3.63, 3.8) is 0 Å². The summed E-state index contributed by atoms with van der Waals surface area (Å²) in [6.07, 6.45) is 1.35. The summed E-state index contributed by atoms with van der Waals surface area (Å²) in [6, 6.07) is 16.0. The van der Waals surface area contributed by atoms with Gasteiger partial charge in [-0.2, -0.15) is 0 Å². The lowest BCUT2D eigenvalue weighted by molar-refractivity contribution is -0.149. The maximum Gasteiger partial charge on any atom is 0.334 e. The van der Waals surface area contributed by atoms with Crippen LogP contribution < -0.4 is 4.74 Å². The maximum absolute atomic E-state index is 13.5. The Morgan fingerprint density at radius 1 is 1.03 bits per heavy atom. The van der Waals surface area contributed by atoms with Crippen molar-refractivity contribution >= 4 is 23.9 Å². The Kier molecular flexibility index (Phi) is 4.89. The predicted molar refractivity (Wildman–Crippen MR) is 108 cm³/mol. The van der Waals surface area contributed by atoms with Gasteiger partial charge in [0.15, 0.2) is 5.54 Å². The third-order valence-electron chi connectivity index (χ3n) is 5.77. The monoisotopic (exact) mass is 407 g/mol. The van der Waals surface area contributed by atoms with E-state index in [1.54, 1.807) is 24.3 Å². The fourth-order valence-corrected chi connectivity index (χ4v) is 4.39. The number of hydrogen-bond acceptors (Lipinski definition) is 7. The molecule has 4 rings (SSSR count). The van der Waals surface area contributed by atoms with Gasteiger partial charge in [-0.25, -0.2) is 4.79 Å². The molecule has 2 aliphatic rings. The number of ketones is 1. The van der Waals surface area contributed by atoms with E-state index in [0.29, 0.717) is 16.9 Å². The third-order valence-corrected chi connectivity index (χ3v) is 5.77. The number of aliphatic imine (C=N–C) groups is 1. The molecule has 0 saturated carbocycles. The van der Waals surface area contributed by atoms with Gasteiger partial charge in [0, 0.05) is 6.42 Å². The van der Waals surface area contributed by atoms with E-state index in [1.807, 2.05) is 30.3 Å². The van der Waals surface area contributed by atoms with Gasteiger partial charge in [-0.15, -0.1) is 0 Å². The zero-order chi connectivity index (χ0) is 21.4. The second-order valence-corrected chi connectivity index (χ2v) is 7.31. The van der Waals surface area contributed by atoms with Gasteiger partial charge < -0.3 is 14.2 Å². The largest absolute Gasteiger partial charge is 0.472 e. The van der Waals surface area contributed by atoms with Gasteiger partial charge in [0.1, 0.15) is 5.75 Å². The van der Waals surface area contributed by atoms with Crippen molar-refractivity contribution in [2.75, 3.05) is 14.2 Å². The SMILES string of the molecule is COC(=O)CC[C@@]1(C(=O)OC)N=C[C@@]2(Oc3ccccc3C2=O)[C@H]1c1ccccc1. The molecule has 1 spiro atoms. The van der Waals surface area contributed by atoms with Gasteiger partial charge >= 0.3 is 11.9 Å². The zero-order valence-corrected chi connectivity index (χ0v) is 16.7. The van der Waals surface area contributed by atoms with Crippen LogP contribution in [0.25, 0.3) is 0 Å². The summed E-state index contributed by atoms with van der Waals surface area (Å²) in [5.41, 5.74) is -1.90. The molecule has 0 fully saturated rings. The number of Topliss-reactive ketones (excluding diaryl/α,β-unsaturated/α-hetero) is 1. The molecule has 2 heterocycles. The first-order valence-electron chi connectivity index (χ1n) is 9.58. The number of carbonyl (C=O) groups is 3. The molecule has 2 aliphatic heterocycles. The lowest BCUT2D eigenvalue weighted by atomic mass is 9.68. The molecule has 2 aromatic carbocycles. The Labute approximate surface area is 173 Å². The molecule has 3 atom stereocenters. The molecule has 0 N–H and O–H groups in total. The van der Waals surface area contributed by atoms with Crippen molar-refractivity contribution in [2.24, 2.45) is 4.99 Å². The number of fused-ring (bicyclic) bond motifs is 1. The standard InChI is InChI=1S/C23H21NO6/c1-28-18(25)12-13-22(21(27)29-2)19(15-8-4-3-5-9-15)23(14-24-22)20(26)16-10-6-7-11-17(16)30-23/h3-11,14,19H,12-13H2,1-2H3/t19-,22+,23+/m0/s1. The Morgan fingerprint density at radius 3 is 2.40 bits per heavy atom. The second-order valence-electron chi connectivity index (χ2n) is 7.31. The van der Waals surface area contributed by atoms with Crippen molar-refractivity contribution in [3.8, 4) is 5.75 Å².